The van der Waals surface area contributed by atoms with Crippen LogP contribution in [-0.4, -0.2) is 41.7 Å². The monoisotopic (exact) mass is 261 g/mol. The van der Waals surface area contributed by atoms with Gasteiger partial charge in [0.25, 0.3) is 0 Å². The predicted octanol–water partition coefficient (Wildman–Crippen LogP) is 1.57. The normalized spacial score (nSPS) is 18.2. The van der Waals surface area contributed by atoms with E-state index < -0.39 is 0 Å². The SMILES string of the molecule is C=CCNc1cc(N2CCNC(C)(C)C2)nc(C)n1. The van der Waals surface area contributed by atoms with E-state index in [9.17, 15) is 0 Å². The molecule has 104 valence electrons. The van der Waals surface area contributed by atoms with Crippen molar-refractivity contribution in [2.75, 3.05) is 36.4 Å². The van der Waals surface area contributed by atoms with E-state index in [0.29, 0.717) is 6.54 Å². The topological polar surface area (TPSA) is 53.1 Å². The van der Waals surface area contributed by atoms with Crippen LogP contribution in [0.4, 0.5) is 11.6 Å². The maximum Gasteiger partial charge on any atom is 0.134 e. The van der Waals surface area contributed by atoms with Crippen LogP contribution in [0.25, 0.3) is 0 Å². The van der Waals surface area contributed by atoms with Crippen molar-refractivity contribution in [2.24, 2.45) is 0 Å². The number of nitrogens with zero attached hydrogens (tertiary/aromatic N) is 3. The molecule has 0 spiro atoms. The smallest absolute Gasteiger partial charge is 0.134 e. The number of anilines is 2. The largest absolute Gasteiger partial charge is 0.366 e. The third-order valence-corrected chi connectivity index (χ3v) is 3.15. The maximum atomic E-state index is 4.55. The number of hydrogen-bond donors (Lipinski definition) is 2. The van der Waals surface area contributed by atoms with E-state index in [0.717, 1.165) is 37.1 Å². The molecule has 0 atom stereocenters. The number of rotatable bonds is 4. The van der Waals surface area contributed by atoms with Crippen LogP contribution in [0.3, 0.4) is 0 Å². The first-order valence-corrected chi connectivity index (χ1v) is 6.70. The van der Waals surface area contributed by atoms with E-state index in [-0.39, 0.29) is 5.54 Å². The van der Waals surface area contributed by atoms with Crippen molar-refractivity contribution in [2.45, 2.75) is 26.3 Å². The van der Waals surface area contributed by atoms with Gasteiger partial charge in [0, 0.05) is 37.8 Å². The third kappa shape index (κ3) is 3.67. The van der Waals surface area contributed by atoms with E-state index in [1.54, 1.807) is 0 Å². The fraction of sp³-hybridized carbons (Fsp3) is 0.571. The van der Waals surface area contributed by atoms with Crippen LogP contribution in [0, 0.1) is 6.92 Å². The molecule has 1 aromatic rings. The molecule has 0 saturated carbocycles. The molecule has 0 radical (unpaired) electrons. The molecule has 5 nitrogen and oxygen atoms in total. The zero-order valence-corrected chi connectivity index (χ0v) is 12.0. The summed E-state index contributed by atoms with van der Waals surface area (Å²) in [6, 6.07) is 2.01. The lowest BCUT2D eigenvalue weighted by atomic mass is 10.0. The van der Waals surface area contributed by atoms with Gasteiger partial charge in [0.15, 0.2) is 0 Å². The van der Waals surface area contributed by atoms with Crippen LogP contribution in [-0.2, 0) is 0 Å². The molecule has 0 aromatic carbocycles. The molecule has 0 amide bonds. The highest BCUT2D eigenvalue weighted by atomic mass is 15.3. The van der Waals surface area contributed by atoms with Crippen molar-refractivity contribution in [1.29, 1.82) is 0 Å². The Bertz CT molecular complexity index is 455. The van der Waals surface area contributed by atoms with Gasteiger partial charge in [-0.25, -0.2) is 9.97 Å². The summed E-state index contributed by atoms with van der Waals surface area (Å²) in [6.07, 6.45) is 1.82. The van der Waals surface area contributed by atoms with Crippen LogP contribution in [0.1, 0.15) is 19.7 Å². The Kier molecular flexibility index (Phi) is 4.04. The minimum atomic E-state index is 0.117. The van der Waals surface area contributed by atoms with Crippen molar-refractivity contribution in [3.8, 4) is 0 Å². The van der Waals surface area contributed by atoms with Gasteiger partial charge in [-0.2, -0.15) is 0 Å². The average Bonchev–Trinajstić information content (AvgIpc) is 2.34. The van der Waals surface area contributed by atoms with Crippen molar-refractivity contribution >= 4 is 11.6 Å². The maximum absolute atomic E-state index is 4.55. The zero-order chi connectivity index (χ0) is 13.9. The molecule has 0 aliphatic carbocycles. The summed E-state index contributed by atoms with van der Waals surface area (Å²) >= 11 is 0. The lowest BCUT2D eigenvalue weighted by Crippen LogP contribution is -2.57. The van der Waals surface area contributed by atoms with Gasteiger partial charge in [-0.3, -0.25) is 0 Å². The Morgan fingerprint density at radius 1 is 1.53 bits per heavy atom. The number of piperazine rings is 1. The van der Waals surface area contributed by atoms with Gasteiger partial charge >= 0.3 is 0 Å². The molecular formula is C14H23N5. The molecule has 1 aliphatic rings. The molecule has 1 fully saturated rings. The van der Waals surface area contributed by atoms with Crippen molar-refractivity contribution < 1.29 is 0 Å². The summed E-state index contributed by atoms with van der Waals surface area (Å²) in [5.41, 5.74) is 0.117. The van der Waals surface area contributed by atoms with Gasteiger partial charge < -0.3 is 15.5 Å². The standard InChI is InChI=1S/C14H23N5/c1-5-6-15-12-9-13(18-11(2)17-12)19-8-7-16-14(3,4)10-19/h5,9,16H,1,6-8,10H2,2-4H3,(H,15,17,18). The second-order valence-electron chi connectivity index (χ2n) is 5.56. The molecule has 0 bridgehead atoms. The molecule has 5 heteroatoms. The first kappa shape index (κ1) is 13.8. The Morgan fingerprint density at radius 2 is 2.32 bits per heavy atom. The van der Waals surface area contributed by atoms with Crippen LogP contribution in [0.5, 0.6) is 0 Å². The fourth-order valence-electron chi connectivity index (χ4n) is 2.32. The van der Waals surface area contributed by atoms with Crippen LogP contribution >= 0.6 is 0 Å². The minimum Gasteiger partial charge on any atom is -0.366 e. The van der Waals surface area contributed by atoms with Gasteiger partial charge in [-0.15, -0.1) is 6.58 Å². The predicted molar refractivity (Wildman–Crippen MR) is 79.8 cm³/mol. The van der Waals surface area contributed by atoms with Gasteiger partial charge in [0.1, 0.15) is 17.5 Å². The van der Waals surface area contributed by atoms with E-state index in [1.165, 1.54) is 0 Å². The van der Waals surface area contributed by atoms with E-state index in [2.05, 4.69) is 45.9 Å². The third-order valence-electron chi connectivity index (χ3n) is 3.15. The van der Waals surface area contributed by atoms with Crippen molar-refractivity contribution in [1.82, 2.24) is 15.3 Å². The first-order valence-electron chi connectivity index (χ1n) is 6.70. The summed E-state index contributed by atoms with van der Waals surface area (Å²) in [6.45, 7) is 13.7. The molecule has 2 heterocycles. The van der Waals surface area contributed by atoms with Crippen LogP contribution in [0.15, 0.2) is 18.7 Å². The van der Waals surface area contributed by atoms with Gasteiger partial charge in [0.2, 0.25) is 0 Å². The Balaban J connectivity index is 2.19. The number of nitrogens with one attached hydrogen (secondary N) is 2. The Labute approximate surface area is 115 Å². The summed E-state index contributed by atoms with van der Waals surface area (Å²) < 4.78 is 0. The van der Waals surface area contributed by atoms with Crippen LogP contribution in [0.2, 0.25) is 0 Å². The molecule has 1 saturated heterocycles. The number of hydrogen-bond acceptors (Lipinski definition) is 5. The van der Waals surface area contributed by atoms with Gasteiger partial charge in [-0.05, 0) is 20.8 Å². The minimum absolute atomic E-state index is 0.117. The summed E-state index contributed by atoms with van der Waals surface area (Å²) in [5.74, 6) is 2.65. The second-order valence-corrected chi connectivity index (χ2v) is 5.56. The lowest BCUT2D eigenvalue weighted by molar-refractivity contribution is 0.351. The van der Waals surface area contributed by atoms with E-state index in [4.69, 9.17) is 0 Å². The second kappa shape index (κ2) is 5.57. The molecule has 1 aliphatic heterocycles. The van der Waals surface area contributed by atoms with Gasteiger partial charge in [0.05, 0.1) is 0 Å². The molecule has 1 aromatic heterocycles. The average molecular weight is 261 g/mol. The molecule has 2 rings (SSSR count). The Morgan fingerprint density at radius 3 is 3.00 bits per heavy atom. The summed E-state index contributed by atoms with van der Waals surface area (Å²) in [4.78, 5) is 11.3. The summed E-state index contributed by atoms with van der Waals surface area (Å²) in [7, 11) is 0. The van der Waals surface area contributed by atoms with Crippen LogP contribution < -0.4 is 15.5 Å². The van der Waals surface area contributed by atoms with Crippen molar-refractivity contribution in [3.05, 3.63) is 24.5 Å². The van der Waals surface area contributed by atoms with E-state index >= 15 is 0 Å². The molecular weight excluding hydrogens is 238 g/mol. The lowest BCUT2D eigenvalue weighted by Gasteiger charge is -2.39. The molecule has 2 N–H and O–H groups in total. The molecule has 0 unspecified atom stereocenters. The number of aromatic nitrogens is 2. The number of aryl methyl sites for hydroxylation is 1. The quantitative estimate of drug-likeness (QED) is 0.806. The van der Waals surface area contributed by atoms with Crippen molar-refractivity contribution in [3.63, 3.8) is 0 Å². The summed E-state index contributed by atoms with van der Waals surface area (Å²) in [5, 5.41) is 6.73. The molecule has 19 heavy (non-hydrogen) atoms. The van der Waals surface area contributed by atoms with E-state index in [1.807, 2.05) is 19.1 Å². The first-order chi connectivity index (χ1) is 9.00. The van der Waals surface area contributed by atoms with Gasteiger partial charge in [-0.1, -0.05) is 6.08 Å². The Hall–Kier alpha value is -1.62. The fourth-order valence-corrected chi connectivity index (χ4v) is 2.32. The zero-order valence-electron chi connectivity index (χ0n) is 12.0. The highest BCUT2D eigenvalue weighted by molar-refractivity contribution is 5.50. The highest BCUT2D eigenvalue weighted by Crippen LogP contribution is 2.20. The highest BCUT2D eigenvalue weighted by Gasteiger charge is 2.26.